The van der Waals surface area contributed by atoms with Crippen LogP contribution in [0.4, 0.5) is 0 Å². The van der Waals surface area contributed by atoms with Crippen LogP contribution in [0, 0.1) is 75.9 Å². The fourth-order valence-electron chi connectivity index (χ4n) is 12.5. The summed E-state index contributed by atoms with van der Waals surface area (Å²) >= 11 is 0. The first-order valence-electron chi connectivity index (χ1n) is 20.5. The van der Waals surface area contributed by atoms with Crippen LogP contribution in [0.15, 0.2) is 0 Å². The van der Waals surface area contributed by atoms with Gasteiger partial charge >= 0.3 is 0 Å². The van der Waals surface area contributed by atoms with Gasteiger partial charge in [0.1, 0.15) is 7.28 Å². The summed E-state index contributed by atoms with van der Waals surface area (Å²) in [7, 11) is 1.44. The summed E-state index contributed by atoms with van der Waals surface area (Å²) < 4.78 is 0. The molecule has 0 saturated heterocycles. The Balaban J connectivity index is 1.27. The van der Waals surface area contributed by atoms with Crippen molar-refractivity contribution < 1.29 is 0 Å². The molecule has 11 atom stereocenters. The molecule has 5 saturated carbocycles. The third kappa shape index (κ3) is 7.80. The summed E-state index contributed by atoms with van der Waals surface area (Å²) in [5.41, 5.74) is 0.839. The molecule has 0 nitrogen and oxygen atoms in total. The molecule has 248 valence electrons. The lowest BCUT2D eigenvalue weighted by atomic mass is 9.49. The van der Waals surface area contributed by atoms with Crippen molar-refractivity contribution in [2.75, 3.05) is 0 Å². The Morgan fingerprint density at radius 2 is 1.30 bits per heavy atom. The van der Waals surface area contributed by atoms with Crippen LogP contribution in [0.5, 0.6) is 0 Å². The lowest BCUT2D eigenvalue weighted by Crippen LogP contribution is -2.50. The van der Waals surface area contributed by atoms with Gasteiger partial charge in [-0.05, 0) is 102 Å². The minimum atomic E-state index is 0.402. The second kappa shape index (κ2) is 14.9. The van der Waals surface area contributed by atoms with Crippen LogP contribution in [0.2, 0.25) is 12.1 Å². The molecule has 0 aromatic carbocycles. The Kier molecular flexibility index (Phi) is 11.9. The number of hydrogen-bond donors (Lipinski definition) is 0. The second-order valence-corrected chi connectivity index (χ2v) is 19.5. The van der Waals surface area contributed by atoms with Crippen molar-refractivity contribution in [2.24, 2.45) is 75.9 Å². The van der Waals surface area contributed by atoms with Crippen molar-refractivity contribution >= 4 is 7.28 Å². The fourth-order valence-corrected chi connectivity index (χ4v) is 12.5. The highest BCUT2D eigenvalue weighted by Gasteiger charge is 2.58. The zero-order valence-corrected chi connectivity index (χ0v) is 30.8. The van der Waals surface area contributed by atoms with Crippen molar-refractivity contribution in [1.82, 2.24) is 0 Å². The van der Waals surface area contributed by atoms with Crippen LogP contribution >= 0.6 is 0 Å². The summed E-state index contributed by atoms with van der Waals surface area (Å²) in [5.74, 6) is 12.7. The van der Waals surface area contributed by atoms with E-state index in [0.29, 0.717) is 10.8 Å². The van der Waals surface area contributed by atoms with Crippen LogP contribution in [0.25, 0.3) is 0 Å². The standard InChI is InChI=1S/C42H77B/c1-9-34(43-28-42(7,8)41(4,5)6)23-15-13-19-30(3)37-27-33-26-32-22-17-25-36(32)38(33)39(31-20-11-10-12-21-31)40(37)35-24-16-14-18-29(35)2/h29-40,43H,9-28H2,1-8H3. The van der Waals surface area contributed by atoms with E-state index >= 15 is 0 Å². The average molecular weight is 593 g/mol. The summed E-state index contributed by atoms with van der Waals surface area (Å²) in [6.45, 7) is 20.3. The van der Waals surface area contributed by atoms with Crippen molar-refractivity contribution in [3.05, 3.63) is 0 Å². The van der Waals surface area contributed by atoms with E-state index in [0.717, 1.165) is 70.9 Å². The first kappa shape index (κ1) is 34.4. The van der Waals surface area contributed by atoms with Gasteiger partial charge in [-0.3, -0.25) is 0 Å². The predicted octanol–water partition coefficient (Wildman–Crippen LogP) is 13.0. The monoisotopic (exact) mass is 593 g/mol. The largest absolute Gasteiger partial charge is 0.124 e. The molecule has 0 radical (unpaired) electrons. The van der Waals surface area contributed by atoms with Gasteiger partial charge in [-0.15, -0.1) is 0 Å². The Bertz CT molecular complexity index is 830. The lowest BCUT2D eigenvalue weighted by Gasteiger charge is -2.56. The number of hydrogen-bond acceptors (Lipinski definition) is 0. The molecule has 0 aliphatic heterocycles. The highest BCUT2D eigenvalue weighted by Crippen LogP contribution is 2.65. The van der Waals surface area contributed by atoms with Gasteiger partial charge in [0.25, 0.3) is 0 Å². The smallest absolute Gasteiger partial charge is 0.0716 e. The molecule has 0 spiro atoms. The summed E-state index contributed by atoms with van der Waals surface area (Å²) in [6.07, 6.45) is 30.8. The highest BCUT2D eigenvalue weighted by molar-refractivity contribution is 6.37. The zero-order valence-electron chi connectivity index (χ0n) is 30.8. The van der Waals surface area contributed by atoms with Crippen LogP contribution in [0.1, 0.15) is 177 Å². The van der Waals surface area contributed by atoms with Gasteiger partial charge < -0.3 is 0 Å². The molecule has 0 heterocycles. The quantitative estimate of drug-likeness (QED) is 0.156. The van der Waals surface area contributed by atoms with E-state index in [1.807, 2.05) is 0 Å². The Morgan fingerprint density at radius 1 is 0.651 bits per heavy atom. The highest BCUT2D eigenvalue weighted by atomic mass is 14.6. The summed E-state index contributed by atoms with van der Waals surface area (Å²) in [6, 6.07) is 0. The molecule has 5 aliphatic rings. The molecular formula is C42H77B. The molecule has 0 bridgehead atoms. The molecule has 5 fully saturated rings. The molecule has 43 heavy (non-hydrogen) atoms. The molecule has 11 unspecified atom stereocenters. The van der Waals surface area contributed by atoms with Gasteiger partial charge in [-0.2, -0.15) is 0 Å². The van der Waals surface area contributed by atoms with E-state index in [9.17, 15) is 0 Å². The Labute approximate surface area is 272 Å². The Morgan fingerprint density at radius 3 is 2.00 bits per heavy atom. The van der Waals surface area contributed by atoms with E-state index in [1.54, 1.807) is 64.2 Å². The van der Waals surface area contributed by atoms with Gasteiger partial charge in [0.15, 0.2) is 0 Å². The Hall–Kier alpha value is 0.0649. The van der Waals surface area contributed by atoms with Crippen molar-refractivity contribution in [1.29, 1.82) is 0 Å². The lowest BCUT2D eigenvalue weighted by molar-refractivity contribution is -0.0790. The number of fused-ring (bicyclic) bond motifs is 3. The van der Waals surface area contributed by atoms with Gasteiger partial charge in [-0.1, -0.05) is 164 Å². The van der Waals surface area contributed by atoms with Crippen molar-refractivity contribution in [3.63, 3.8) is 0 Å². The van der Waals surface area contributed by atoms with Crippen LogP contribution in [-0.2, 0) is 0 Å². The van der Waals surface area contributed by atoms with E-state index < -0.39 is 0 Å². The number of unbranched alkanes of at least 4 members (excludes halogenated alkanes) is 1. The maximum Gasteiger partial charge on any atom is 0.124 e. The van der Waals surface area contributed by atoms with Crippen LogP contribution < -0.4 is 0 Å². The van der Waals surface area contributed by atoms with Gasteiger partial charge in [0, 0.05) is 0 Å². The molecule has 5 rings (SSSR count). The summed E-state index contributed by atoms with van der Waals surface area (Å²) in [5, 5.41) is 0. The molecular weight excluding hydrogens is 515 g/mol. The summed E-state index contributed by atoms with van der Waals surface area (Å²) in [4.78, 5) is 0. The predicted molar refractivity (Wildman–Crippen MR) is 192 cm³/mol. The maximum atomic E-state index is 2.77. The van der Waals surface area contributed by atoms with E-state index in [1.165, 1.54) is 71.4 Å². The third-order valence-electron chi connectivity index (χ3n) is 16.2. The van der Waals surface area contributed by atoms with E-state index in [-0.39, 0.29) is 0 Å². The molecule has 0 aromatic rings. The topological polar surface area (TPSA) is 0 Å². The minimum absolute atomic E-state index is 0.402. The zero-order chi connectivity index (χ0) is 30.8. The molecule has 0 amide bonds. The molecule has 1 heteroatoms. The van der Waals surface area contributed by atoms with E-state index in [2.05, 4.69) is 55.4 Å². The fraction of sp³-hybridized carbons (Fsp3) is 1.00. The van der Waals surface area contributed by atoms with Crippen LogP contribution in [0.3, 0.4) is 0 Å². The normalized spacial score (nSPS) is 38.8. The third-order valence-corrected chi connectivity index (χ3v) is 16.2. The first-order valence-corrected chi connectivity index (χ1v) is 20.5. The minimum Gasteiger partial charge on any atom is -0.0716 e. The second-order valence-electron chi connectivity index (χ2n) is 19.5. The van der Waals surface area contributed by atoms with E-state index in [4.69, 9.17) is 0 Å². The van der Waals surface area contributed by atoms with Crippen molar-refractivity contribution in [2.45, 2.75) is 190 Å². The SMILES string of the molecule is CCC(BCC(C)(C)C(C)(C)C)CCCCC(C)C1CC2CC3CCCC3C2C(C2CCCCC2)C1C1CCCCC1C. The first-order chi connectivity index (χ1) is 20.5. The van der Waals surface area contributed by atoms with Crippen molar-refractivity contribution in [3.8, 4) is 0 Å². The van der Waals surface area contributed by atoms with Crippen LogP contribution in [-0.4, -0.2) is 7.28 Å². The maximum absolute atomic E-state index is 2.77. The molecule has 5 aliphatic carbocycles. The van der Waals surface area contributed by atoms with Gasteiger partial charge in [0.2, 0.25) is 0 Å². The average Bonchev–Trinajstić information content (AvgIpc) is 3.57. The van der Waals surface area contributed by atoms with Gasteiger partial charge in [-0.25, -0.2) is 0 Å². The molecule has 0 aromatic heterocycles. The number of rotatable bonds is 12. The molecule has 0 N–H and O–H groups in total. The van der Waals surface area contributed by atoms with Gasteiger partial charge in [0.05, 0.1) is 0 Å².